The molecule has 0 aliphatic carbocycles. The summed E-state index contributed by atoms with van der Waals surface area (Å²) in [6.07, 6.45) is 0.171. The number of methoxy groups -OCH3 is 1. The summed E-state index contributed by atoms with van der Waals surface area (Å²) in [5.41, 5.74) is 0. The first-order valence-corrected chi connectivity index (χ1v) is 4.16. The lowest BCUT2D eigenvalue weighted by atomic mass is 10.2. The number of alkyl halides is 3. The van der Waals surface area contributed by atoms with Crippen molar-refractivity contribution in [3.8, 4) is 0 Å². The van der Waals surface area contributed by atoms with Gasteiger partial charge in [-0.15, -0.1) is 34.8 Å². The highest BCUT2D eigenvalue weighted by atomic mass is 35.5. The minimum Gasteiger partial charge on any atom is -0.468 e. The molecule has 0 spiro atoms. The van der Waals surface area contributed by atoms with Crippen LogP contribution in [0, 0.1) is 0 Å². The Morgan fingerprint density at radius 1 is 1.64 bits per heavy atom. The Hall–Kier alpha value is 0.340. The van der Waals surface area contributed by atoms with Crippen LogP contribution in [-0.4, -0.2) is 22.8 Å². The summed E-state index contributed by atoms with van der Waals surface area (Å²) in [7, 11) is 1.26. The normalized spacial score (nSPS) is 14.3. The lowest BCUT2D eigenvalue weighted by Crippen LogP contribution is -2.23. The van der Waals surface area contributed by atoms with Crippen LogP contribution in [0.4, 0.5) is 0 Å². The Bertz CT molecular complexity index is 141. The molecule has 0 saturated carbocycles. The molecule has 11 heavy (non-hydrogen) atoms. The van der Waals surface area contributed by atoms with E-state index in [9.17, 15) is 4.79 Å². The van der Waals surface area contributed by atoms with Crippen molar-refractivity contribution in [2.24, 2.45) is 0 Å². The van der Waals surface area contributed by atoms with Gasteiger partial charge in [0, 0.05) is 6.42 Å². The number of ether oxygens (including phenoxy) is 1. The van der Waals surface area contributed by atoms with E-state index < -0.39 is 15.7 Å². The molecule has 0 aliphatic rings. The second kappa shape index (κ2) is 4.39. The molecule has 1 atom stereocenters. The molecule has 0 bridgehead atoms. The molecule has 66 valence electrons. The van der Waals surface area contributed by atoms with Gasteiger partial charge in [-0.2, -0.15) is 0 Å². The van der Waals surface area contributed by atoms with Crippen LogP contribution in [0.25, 0.3) is 0 Å². The second-order valence-corrected chi connectivity index (χ2v) is 4.65. The molecule has 0 aromatic carbocycles. The van der Waals surface area contributed by atoms with Gasteiger partial charge in [0.05, 0.1) is 7.11 Å². The zero-order valence-corrected chi connectivity index (χ0v) is 8.50. The fraction of sp³-hybridized carbons (Fsp3) is 0.833. The van der Waals surface area contributed by atoms with Crippen LogP contribution >= 0.6 is 34.8 Å². The van der Waals surface area contributed by atoms with Crippen LogP contribution in [-0.2, 0) is 9.53 Å². The van der Waals surface area contributed by atoms with Crippen molar-refractivity contribution >= 4 is 40.8 Å². The van der Waals surface area contributed by atoms with Crippen LogP contribution in [0.15, 0.2) is 0 Å². The summed E-state index contributed by atoms with van der Waals surface area (Å²) >= 11 is 16.8. The monoisotopic (exact) mass is 218 g/mol. The number of hydrogen-bond acceptors (Lipinski definition) is 2. The molecule has 0 radical (unpaired) electrons. The van der Waals surface area contributed by atoms with E-state index in [0.29, 0.717) is 0 Å². The fourth-order valence-corrected chi connectivity index (χ4v) is 1.39. The van der Waals surface area contributed by atoms with Gasteiger partial charge in [-0.1, -0.05) is 0 Å². The first-order valence-electron chi connectivity index (χ1n) is 2.96. The topological polar surface area (TPSA) is 26.3 Å². The highest BCUT2D eigenvalue weighted by Gasteiger charge is 2.26. The molecule has 0 saturated heterocycles. The quantitative estimate of drug-likeness (QED) is 0.538. The number of halogens is 3. The number of carbonyl (C=O) groups is 1. The van der Waals surface area contributed by atoms with Crippen LogP contribution in [0.1, 0.15) is 13.3 Å². The molecule has 0 heterocycles. The molecule has 0 amide bonds. The maximum Gasteiger partial charge on any atom is 0.323 e. The largest absolute Gasteiger partial charge is 0.468 e. The molecule has 5 heteroatoms. The summed E-state index contributed by atoms with van der Waals surface area (Å²) < 4.78 is 3.38. The molecule has 1 unspecified atom stereocenters. The van der Waals surface area contributed by atoms with E-state index >= 15 is 0 Å². The van der Waals surface area contributed by atoms with E-state index in [0.717, 1.165) is 0 Å². The summed E-state index contributed by atoms with van der Waals surface area (Å²) in [4.78, 5) is 10.7. The smallest absolute Gasteiger partial charge is 0.323 e. The molecule has 0 aromatic rings. The molecule has 2 nitrogen and oxygen atoms in total. The average Bonchev–Trinajstić information content (AvgIpc) is 1.82. The van der Waals surface area contributed by atoms with Crippen LogP contribution in [0.3, 0.4) is 0 Å². The van der Waals surface area contributed by atoms with Crippen molar-refractivity contribution < 1.29 is 9.53 Å². The average molecular weight is 219 g/mol. The minimum atomic E-state index is -0.986. The van der Waals surface area contributed by atoms with Gasteiger partial charge in [-0.25, -0.2) is 0 Å². The lowest BCUT2D eigenvalue weighted by Gasteiger charge is -2.15. The maximum atomic E-state index is 10.7. The van der Waals surface area contributed by atoms with E-state index in [1.807, 2.05) is 0 Å². The van der Waals surface area contributed by atoms with Crippen molar-refractivity contribution in [2.75, 3.05) is 7.11 Å². The van der Waals surface area contributed by atoms with Gasteiger partial charge in [-0.3, -0.25) is 4.79 Å². The zero-order valence-electron chi connectivity index (χ0n) is 6.23. The highest BCUT2D eigenvalue weighted by Crippen LogP contribution is 2.27. The summed E-state index contributed by atoms with van der Waals surface area (Å²) in [5.74, 6) is -0.515. The summed E-state index contributed by atoms with van der Waals surface area (Å²) in [6.45, 7) is 1.56. The van der Waals surface area contributed by atoms with Crippen LogP contribution in [0.2, 0.25) is 0 Å². The fourth-order valence-electron chi connectivity index (χ4n) is 0.526. The van der Waals surface area contributed by atoms with E-state index in [-0.39, 0.29) is 6.42 Å². The van der Waals surface area contributed by atoms with E-state index in [2.05, 4.69) is 4.74 Å². The molecule has 0 rings (SSSR count). The molecule has 0 aliphatic heterocycles. The third-order valence-corrected chi connectivity index (χ3v) is 1.64. The van der Waals surface area contributed by atoms with Gasteiger partial charge in [0.2, 0.25) is 0 Å². The zero-order chi connectivity index (χ0) is 9.07. The molecule has 0 fully saturated rings. The maximum absolute atomic E-state index is 10.7. The van der Waals surface area contributed by atoms with Gasteiger partial charge in [0.25, 0.3) is 0 Å². The van der Waals surface area contributed by atoms with Crippen molar-refractivity contribution in [1.82, 2.24) is 0 Å². The molecular formula is C6H9Cl3O2. The molecule has 0 aromatic heterocycles. The van der Waals surface area contributed by atoms with Crippen molar-refractivity contribution in [3.05, 3.63) is 0 Å². The first kappa shape index (κ1) is 11.3. The molecular weight excluding hydrogens is 210 g/mol. The highest BCUT2D eigenvalue weighted by molar-refractivity contribution is 6.48. The third-order valence-electron chi connectivity index (χ3n) is 0.995. The predicted molar refractivity (Wildman–Crippen MR) is 46.4 cm³/mol. The summed E-state index contributed by atoms with van der Waals surface area (Å²) in [5, 5.41) is -0.778. The lowest BCUT2D eigenvalue weighted by molar-refractivity contribution is -0.140. The Balaban J connectivity index is 3.87. The Kier molecular flexibility index (Phi) is 4.52. The standard InChI is InChI=1S/C6H9Cl3O2/c1-6(8,9)3-4(7)5(10)11-2/h4H,3H2,1-2H3. The van der Waals surface area contributed by atoms with Crippen molar-refractivity contribution in [3.63, 3.8) is 0 Å². The van der Waals surface area contributed by atoms with E-state index in [1.165, 1.54) is 7.11 Å². The van der Waals surface area contributed by atoms with Gasteiger partial charge >= 0.3 is 5.97 Å². The van der Waals surface area contributed by atoms with Crippen LogP contribution < -0.4 is 0 Å². The van der Waals surface area contributed by atoms with Gasteiger partial charge < -0.3 is 4.74 Å². The Morgan fingerprint density at radius 3 is 2.36 bits per heavy atom. The van der Waals surface area contributed by atoms with Gasteiger partial charge in [0.15, 0.2) is 0 Å². The molecule has 0 N–H and O–H groups in total. The Labute approximate surface area is 80.7 Å². The van der Waals surface area contributed by atoms with Crippen molar-refractivity contribution in [1.29, 1.82) is 0 Å². The van der Waals surface area contributed by atoms with E-state index in [1.54, 1.807) is 6.92 Å². The minimum absolute atomic E-state index is 0.171. The van der Waals surface area contributed by atoms with E-state index in [4.69, 9.17) is 34.8 Å². The Morgan fingerprint density at radius 2 is 2.09 bits per heavy atom. The number of carbonyl (C=O) groups excluding carboxylic acids is 1. The third kappa shape index (κ3) is 5.59. The van der Waals surface area contributed by atoms with Crippen LogP contribution in [0.5, 0.6) is 0 Å². The predicted octanol–water partition coefficient (Wildman–Crippen LogP) is 2.35. The number of hydrogen-bond donors (Lipinski definition) is 0. The van der Waals surface area contributed by atoms with Crippen molar-refractivity contribution in [2.45, 2.75) is 23.1 Å². The van der Waals surface area contributed by atoms with Gasteiger partial charge in [-0.05, 0) is 6.92 Å². The number of esters is 1. The number of rotatable bonds is 3. The second-order valence-electron chi connectivity index (χ2n) is 2.27. The first-order chi connectivity index (χ1) is 4.87. The van der Waals surface area contributed by atoms with Gasteiger partial charge in [0.1, 0.15) is 9.71 Å². The summed E-state index contributed by atoms with van der Waals surface area (Å²) in [6, 6.07) is 0. The SMILES string of the molecule is COC(=O)C(Cl)CC(C)(Cl)Cl.